The van der Waals surface area contributed by atoms with E-state index in [1.54, 1.807) is 6.92 Å². The monoisotopic (exact) mass is 107 g/mol. The van der Waals surface area contributed by atoms with E-state index in [-0.39, 0.29) is 0 Å². The van der Waals surface area contributed by atoms with Crippen LogP contribution in [0.4, 0.5) is 0 Å². The molecular weight excluding hydrogens is 103 g/mol. The van der Waals surface area contributed by atoms with Gasteiger partial charge in [-0.3, -0.25) is 0 Å². The molecule has 1 atom stereocenters. The van der Waals surface area contributed by atoms with Crippen LogP contribution in [-0.4, -0.2) is 5.50 Å². The third kappa shape index (κ3) is 3.69. The smallest absolute Gasteiger partial charge is 0.130 e. The Morgan fingerprint density at radius 2 is 2.33 bits per heavy atom. The average Bonchev–Trinajstić information content (AvgIpc) is 1.35. The van der Waals surface area contributed by atoms with Gasteiger partial charge in [-0.1, -0.05) is 11.6 Å². The van der Waals surface area contributed by atoms with Crippen molar-refractivity contribution in [2.75, 3.05) is 0 Å². The van der Waals surface area contributed by atoms with Crippen LogP contribution in [0.5, 0.6) is 0 Å². The third-order valence-electron chi connectivity index (χ3n) is 0.206. The molecule has 0 aliphatic heterocycles. The molecule has 0 heterocycles. The molecule has 0 aliphatic rings. The summed E-state index contributed by atoms with van der Waals surface area (Å²) in [5, 5.41) is 2.18. The first kappa shape index (κ1) is 5.69. The Bertz CT molecular complexity index is 46.8. The third-order valence-corrected chi connectivity index (χ3v) is 0.294. The van der Waals surface area contributed by atoms with Gasteiger partial charge in [0.1, 0.15) is 5.50 Å². The lowest BCUT2D eigenvalue weighted by Gasteiger charge is -1.86. The molecule has 0 rings (SSSR count). The van der Waals surface area contributed by atoms with Crippen LogP contribution in [0.15, 0.2) is 5.29 Å². The van der Waals surface area contributed by atoms with Crippen molar-refractivity contribution >= 4 is 11.6 Å². The second-order valence-corrected chi connectivity index (χ2v) is 1.40. The highest BCUT2D eigenvalue weighted by Gasteiger charge is 1.89. The minimum absolute atomic E-state index is 0.484. The zero-order valence-corrected chi connectivity index (χ0v) is 4.01. The Hall–Kier alpha value is -0.310. The van der Waals surface area contributed by atoms with Crippen molar-refractivity contribution in [1.29, 1.82) is 0 Å². The number of nitroso groups, excluding NO2 is 1. The van der Waals surface area contributed by atoms with Gasteiger partial charge >= 0.3 is 0 Å². The van der Waals surface area contributed by atoms with E-state index in [9.17, 15) is 0 Å². The molecule has 0 aromatic carbocycles. The van der Waals surface area contributed by atoms with Crippen molar-refractivity contribution in [3.05, 3.63) is 4.91 Å². The molecule has 0 spiro atoms. The molecule has 0 aromatic rings. The van der Waals surface area contributed by atoms with Crippen LogP contribution in [0.1, 0.15) is 6.92 Å². The first-order chi connectivity index (χ1) is 2.77. The molecule has 0 aromatic heterocycles. The summed E-state index contributed by atoms with van der Waals surface area (Å²) in [5.41, 5.74) is 2.48. The number of rotatable bonds is 2. The van der Waals surface area contributed by atoms with E-state index in [2.05, 4.69) is 10.7 Å². The summed E-state index contributed by atoms with van der Waals surface area (Å²) in [6.07, 6.45) is 0. The molecule has 1 unspecified atom stereocenters. The van der Waals surface area contributed by atoms with Crippen molar-refractivity contribution < 1.29 is 0 Å². The highest BCUT2D eigenvalue weighted by Crippen LogP contribution is 1.86. The molecule has 6 heavy (non-hydrogen) atoms. The zero-order chi connectivity index (χ0) is 4.99. The van der Waals surface area contributed by atoms with Crippen molar-refractivity contribution in [2.45, 2.75) is 12.4 Å². The summed E-state index contributed by atoms with van der Waals surface area (Å²) in [6, 6.07) is 0. The highest BCUT2D eigenvalue weighted by atomic mass is 35.5. The maximum Gasteiger partial charge on any atom is 0.145 e. The predicted octanol–water partition coefficient (Wildman–Crippen LogP) is 0.857. The van der Waals surface area contributed by atoms with Crippen LogP contribution in [0.3, 0.4) is 0 Å². The van der Waals surface area contributed by atoms with E-state index < -0.39 is 5.50 Å². The van der Waals surface area contributed by atoms with E-state index in [0.29, 0.717) is 0 Å². The lowest BCUT2D eigenvalue weighted by Crippen LogP contribution is -2.01. The van der Waals surface area contributed by atoms with Gasteiger partial charge in [0.25, 0.3) is 0 Å². The fraction of sp³-hybridized carbons (Fsp3) is 1.00. The summed E-state index contributed by atoms with van der Waals surface area (Å²) in [7, 11) is 0. The topological polar surface area (TPSA) is 43.5 Å². The van der Waals surface area contributed by atoms with Gasteiger partial charge in [0, 0.05) is 0 Å². The Morgan fingerprint density at radius 3 is 2.33 bits per heavy atom. The molecule has 0 fully saturated rings. The van der Waals surface area contributed by atoms with E-state index in [1.807, 2.05) is 0 Å². The van der Waals surface area contributed by atoms with E-state index in [4.69, 9.17) is 16.5 Å². The molecule has 0 N–H and O–H groups in total. The zero-order valence-electron chi connectivity index (χ0n) is 3.26. The van der Waals surface area contributed by atoms with Crippen molar-refractivity contribution in [3.63, 3.8) is 0 Å². The van der Waals surface area contributed by atoms with Gasteiger partial charge in [0.2, 0.25) is 0 Å². The van der Waals surface area contributed by atoms with Gasteiger partial charge in [-0.15, -0.1) is 10.3 Å². The molecule has 1 radical (unpaired) electrons. The van der Waals surface area contributed by atoms with Crippen LogP contribution in [-0.2, 0) is 0 Å². The molecular formula is C2H4ClN2O. The van der Waals surface area contributed by atoms with Gasteiger partial charge in [-0.25, -0.2) is 0 Å². The Labute approximate surface area is 40.6 Å². The Morgan fingerprint density at radius 1 is 1.83 bits per heavy atom. The lowest BCUT2D eigenvalue weighted by atomic mass is 10.8. The summed E-state index contributed by atoms with van der Waals surface area (Å²) in [5.74, 6) is 0. The highest BCUT2D eigenvalue weighted by molar-refractivity contribution is 6.19. The van der Waals surface area contributed by atoms with Gasteiger partial charge in [0.15, 0.2) is 0 Å². The van der Waals surface area contributed by atoms with Gasteiger partial charge in [0.05, 0.1) is 5.29 Å². The maximum absolute atomic E-state index is 9.11. The number of halogens is 1. The number of alkyl halides is 1. The number of hydrogen-bond acceptors (Lipinski definition) is 2. The van der Waals surface area contributed by atoms with E-state index in [1.165, 1.54) is 0 Å². The molecule has 0 amide bonds. The molecule has 0 aliphatic carbocycles. The van der Waals surface area contributed by atoms with E-state index in [0.717, 1.165) is 0 Å². The molecule has 35 valence electrons. The van der Waals surface area contributed by atoms with E-state index >= 15 is 0 Å². The minimum Gasteiger partial charge on any atom is -0.130 e. The van der Waals surface area contributed by atoms with Crippen molar-refractivity contribution in [3.8, 4) is 0 Å². The van der Waals surface area contributed by atoms with Crippen molar-refractivity contribution in [1.82, 2.24) is 5.43 Å². The molecule has 0 saturated carbocycles. The maximum atomic E-state index is 9.11. The fourth-order valence-electron chi connectivity index (χ4n) is 0.0650. The summed E-state index contributed by atoms with van der Waals surface area (Å²) in [4.78, 5) is 9.11. The molecule has 0 bridgehead atoms. The van der Waals surface area contributed by atoms with Crippen LogP contribution in [0.2, 0.25) is 0 Å². The second kappa shape index (κ2) is 2.90. The fourth-order valence-corrected chi connectivity index (χ4v) is 0.101. The van der Waals surface area contributed by atoms with Gasteiger partial charge in [-0.05, 0) is 6.92 Å². The number of hydrogen-bond donors (Lipinski definition) is 0. The lowest BCUT2D eigenvalue weighted by molar-refractivity contribution is 0.703. The van der Waals surface area contributed by atoms with Crippen LogP contribution in [0.25, 0.3) is 0 Å². The average molecular weight is 108 g/mol. The molecule has 0 saturated heterocycles. The Kier molecular flexibility index (Phi) is 2.75. The normalized spacial score (nSPS) is 13.0. The first-order valence-corrected chi connectivity index (χ1v) is 1.87. The summed E-state index contributed by atoms with van der Waals surface area (Å²) in [6.45, 7) is 1.56. The number of nitrogens with zero attached hydrogens (tertiary/aromatic N) is 2. The second-order valence-electron chi connectivity index (χ2n) is 0.771. The minimum atomic E-state index is -0.484. The standard InChI is InChI=1S/C2H4ClN2O/c1-2(3)4-5-6/h2H,1H3. The van der Waals surface area contributed by atoms with Crippen LogP contribution < -0.4 is 5.43 Å². The van der Waals surface area contributed by atoms with Gasteiger partial charge < -0.3 is 0 Å². The largest absolute Gasteiger partial charge is 0.145 e. The predicted molar refractivity (Wildman–Crippen MR) is 23.2 cm³/mol. The van der Waals surface area contributed by atoms with Crippen LogP contribution in [0, 0.1) is 4.91 Å². The Balaban J connectivity index is 2.81. The summed E-state index contributed by atoms with van der Waals surface area (Å²) < 4.78 is 0. The SMILES string of the molecule is CC(Cl)[N]N=O. The molecule has 4 heteroatoms. The quantitative estimate of drug-likeness (QED) is 0.223. The van der Waals surface area contributed by atoms with Crippen molar-refractivity contribution in [2.24, 2.45) is 5.29 Å². The summed E-state index contributed by atoms with van der Waals surface area (Å²) >= 11 is 5.12. The van der Waals surface area contributed by atoms with Gasteiger partial charge in [-0.2, -0.15) is 0 Å². The first-order valence-electron chi connectivity index (χ1n) is 1.44. The van der Waals surface area contributed by atoms with Crippen LogP contribution >= 0.6 is 11.6 Å². The molecule has 3 nitrogen and oxygen atoms in total.